The SMILES string of the molecule is Cc1cc(C)c2c(c1)N(c1cccc(N3c4cc(C)cc(C)c4N(C)[C@@H]3C)c1C)CN2C. The van der Waals surface area contributed by atoms with Gasteiger partial charge in [-0.2, -0.15) is 0 Å². The van der Waals surface area contributed by atoms with Gasteiger partial charge in [0.15, 0.2) is 0 Å². The molecular weight excluding hydrogens is 392 g/mol. The molecule has 0 spiro atoms. The van der Waals surface area contributed by atoms with Gasteiger partial charge in [-0.25, -0.2) is 0 Å². The fraction of sp³-hybridized carbons (Fsp3) is 0.357. The fourth-order valence-electron chi connectivity index (χ4n) is 5.84. The van der Waals surface area contributed by atoms with Gasteiger partial charge in [-0.1, -0.05) is 18.2 Å². The van der Waals surface area contributed by atoms with Crippen LogP contribution in [0.2, 0.25) is 0 Å². The Kier molecular flexibility index (Phi) is 4.66. The molecule has 4 heteroatoms. The second-order valence-electron chi connectivity index (χ2n) is 9.70. The minimum Gasteiger partial charge on any atom is -0.355 e. The molecule has 1 atom stereocenters. The summed E-state index contributed by atoms with van der Waals surface area (Å²) in [5.41, 5.74) is 14.5. The maximum atomic E-state index is 2.51. The topological polar surface area (TPSA) is 13.0 Å². The van der Waals surface area contributed by atoms with Crippen LogP contribution in [0.25, 0.3) is 0 Å². The largest absolute Gasteiger partial charge is 0.355 e. The van der Waals surface area contributed by atoms with Gasteiger partial charge in [0.2, 0.25) is 0 Å². The van der Waals surface area contributed by atoms with Crippen LogP contribution in [-0.2, 0) is 0 Å². The molecule has 2 heterocycles. The van der Waals surface area contributed by atoms with Gasteiger partial charge in [-0.3, -0.25) is 0 Å². The van der Waals surface area contributed by atoms with Crippen LogP contribution < -0.4 is 19.6 Å². The molecule has 0 fully saturated rings. The second kappa shape index (κ2) is 7.19. The quantitative estimate of drug-likeness (QED) is 0.451. The molecule has 3 aromatic carbocycles. The van der Waals surface area contributed by atoms with Crippen molar-refractivity contribution in [2.24, 2.45) is 0 Å². The molecule has 0 bridgehead atoms. The first kappa shape index (κ1) is 20.7. The summed E-state index contributed by atoms with van der Waals surface area (Å²) in [6, 6.07) is 16.0. The standard InChI is InChI=1S/C28H34N4/c1-17-12-19(3)27-25(14-17)31(16-29(27)7)23-10-9-11-24(21(23)5)32-22(6)30(8)28-20(4)13-18(2)15-26(28)32/h9-15,22H,16H2,1-8H3/t22-/m0/s1. The summed E-state index contributed by atoms with van der Waals surface area (Å²) in [7, 11) is 4.40. The number of hydrogen-bond donors (Lipinski definition) is 0. The maximum absolute atomic E-state index is 2.51. The van der Waals surface area contributed by atoms with Gasteiger partial charge in [-0.15, -0.1) is 0 Å². The molecule has 0 aromatic heterocycles. The van der Waals surface area contributed by atoms with Crippen LogP contribution in [0.3, 0.4) is 0 Å². The Balaban J connectivity index is 1.65. The molecular formula is C28H34N4. The van der Waals surface area contributed by atoms with Crippen LogP contribution in [0.4, 0.5) is 34.1 Å². The molecule has 0 saturated carbocycles. The molecule has 166 valence electrons. The molecule has 0 N–H and O–H groups in total. The minimum atomic E-state index is 0.262. The average Bonchev–Trinajstić information content (AvgIpc) is 3.16. The first-order valence-corrected chi connectivity index (χ1v) is 11.5. The number of nitrogens with zero attached hydrogens (tertiary/aromatic N) is 4. The van der Waals surface area contributed by atoms with Crippen molar-refractivity contribution >= 4 is 34.1 Å². The second-order valence-corrected chi connectivity index (χ2v) is 9.70. The van der Waals surface area contributed by atoms with Crippen molar-refractivity contribution in [1.29, 1.82) is 0 Å². The third-order valence-electron chi connectivity index (χ3n) is 7.25. The molecule has 0 amide bonds. The van der Waals surface area contributed by atoms with Crippen molar-refractivity contribution < 1.29 is 0 Å². The lowest BCUT2D eigenvalue weighted by Crippen LogP contribution is -2.36. The molecule has 0 aliphatic carbocycles. The molecule has 2 aliphatic heterocycles. The monoisotopic (exact) mass is 426 g/mol. The third-order valence-corrected chi connectivity index (χ3v) is 7.25. The van der Waals surface area contributed by atoms with E-state index in [2.05, 4.69) is 118 Å². The van der Waals surface area contributed by atoms with E-state index in [4.69, 9.17) is 0 Å². The number of aryl methyl sites for hydroxylation is 4. The summed E-state index contributed by atoms with van der Waals surface area (Å²) in [6.07, 6.45) is 0.262. The Morgan fingerprint density at radius 3 is 2.00 bits per heavy atom. The third kappa shape index (κ3) is 2.89. The Bertz CT molecular complexity index is 1230. The molecule has 4 nitrogen and oxygen atoms in total. The van der Waals surface area contributed by atoms with Crippen molar-refractivity contribution in [1.82, 2.24) is 0 Å². The Morgan fingerprint density at radius 1 is 0.719 bits per heavy atom. The summed E-state index contributed by atoms with van der Waals surface area (Å²) in [6.45, 7) is 14.3. The fourth-order valence-corrected chi connectivity index (χ4v) is 5.84. The lowest BCUT2D eigenvalue weighted by Gasteiger charge is -2.31. The van der Waals surface area contributed by atoms with Crippen molar-refractivity contribution in [3.8, 4) is 0 Å². The van der Waals surface area contributed by atoms with Crippen molar-refractivity contribution in [2.75, 3.05) is 40.4 Å². The highest BCUT2D eigenvalue weighted by Crippen LogP contribution is 2.49. The van der Waals surface area contributed by atoms with Gasteiger partial charge in [0.25, 0.3) is 0 Å². The predicted molar refractivity (Wildman–Crippen MR) is 138 cm³/mol. The Hall–Kier alpha value is -3.14. The van der Waals surface area contributed by atoms with Crippen molar-refractivity contribution in [3.63, 3.8) is 0 Å². The molecule has 32 heavy (non-hydrogen) atoms. The van der Waals surface area contributed by atoms with Gasteiger partial charge in [0.1, 0.15) is 6.17 Å². The van der Waals surface area contributed by atoms with Crippen LogP contribution in [0.1, 0.15) is 34.7 Å². The number of benzene rings is 3. The summed E-state index contributed by atoms with van der Waals surface area (Å²) >= 11 is 0. The molecule has 0 radical (unpaired) electrons. The zero-order valence-corrected chi connectivity index (χ0v) is 20.6. The van der Waals surface area contributed by atoms with Crippen molar-refractivity contribution in [3.05, 3.63) is 70.3 Å². The van der Waals surface area contributed by atoms with Gasteiger partial charge >= 0.3 is 0 Å². The van der Waals surface area contributed by atoms with E-state index in [1.54, 1.807) is 0 Å². The van der Waals surface area contributed by atoms with Gasteiger partial charge < -0.3 is 19.6 Å². The van der Waals surface area contributed by atoms with Crippen LogP contribution in [-0.4, -0.2) is 26.9 Å². The van der Waals surface area contributed by atoms with E-state index >= 15 is 0 Å². The van der Waals surface area contributed by atoms with E-state index < -0.39 is 0 Å². The molecule has 5 rings (SSSR count). The maximum Gasteiger partial charge on any atom is 0.103 e. The van der Waals surface area contributed by atoms with Gasteiger partial charge in [0, 0.05) is 25.5 Å². The average molecular weight is 427 g/mol. The normalized spacial score (nSPS) is 17.3. The number of rotatable bonds is 2. The first-order valence-electron chi connectivity index (χ1n) is 11.5. The first-order chi connectivity index (χ1) is 15.2. The number of hydrogen-bond acceptors (Lipinski definition) is 4. The molecule has 0 unspecified atom stereocenters. The smallest absolute Gasteiger partial charge is 0.103 e. The van der Waals surface area contributed by atoms with E-state index in [0.29, 0.717) is 0 Å². The molecule has 0 saturated heterocycles. The summed E-state index contributed by atoms with van der Waals surface area (Å²) in [5, 5.41) is 0. The molecule has 2 aliphatic rings. The van der Waals surface area contributed by atoms with Gasteiger partial charge in [-0.05, 0) is 93.6 Å². The predicted octanol–water partition coefficient (Wildman–Crippen LogP) is 6.71. The zero-order chi connectivity index (χ0) is 22.9. The highest BCUT2D eigenvalue weighted by molar-refractivity contribution is 5.91. The van der Waals surface area contributed by atoms with Crippen LogP contribution in [0.15, 0.2) is 42.5 Å². The number of fused-ring (bicyclic) bond motifs is 2. The van der Waals surface area contributed by atoms with Crippen LogP contribution in [0, 0.1) is 34.6 Å². The lowest BCUT2D eigenvalue weighted by atomic mass is 10.1. The zero-order valence-electron chi connectivity index (χ0n) is 20.6. The number of anilines is 6. The molecule has 3 aromatic rings. The van der Waals surface area contributed by atoms with Crippen molar-refractivity contribution in [2.45, 2.75) is 47.7 Å². The van der Waals surface area contributed by atoms with E-state index in [0.717, 1.165) is 6.67 Å². The minimum absolute atomic E-state index is 0.262. The van der Waals surface area contributed by atoms with E-state index in [-0.39, 0.29) is 6.17 Å². The lowest BCUT2D eigenvalue weighted by molar-refractivity contribution is 0.731. The van der Waals surface area contributed by atoms with Gasteiger partial charge in [0.05, 0.1) is 29.4 Å². The highest BCUT2D eigenvalue weighted by atomic mass is 15.4. The van der Waals surface area contributed by atoms with E-state index in [9.17, 15) is 0 Å². The van der Waals surface area contributed by atoms with Crippen LogP contribution in [0.5, 0.6) is 0 Å². The summed E-state index contributed by atoms with van der Waals surface area (Å²) < 4.78 is 0. The summed E-state index contributed by atoms with van der Waals surface area (Å²) in [5.74, 6) is 0. The highest BCUT2D eigenvalue weighted by Gasteiger charge is 2.35. The van der Waals surface area contributed by atoms with Crippen LogP contribution >= 0.6 is 0 Å². The Labute approximate surface area is 192 Å². The summed E-state index contributed by atoms with van der Waals surface area (Å²) in [4.78, 5) is 9.75. The van der Waals surface area contributed by atoms with E-state index in [1.807, 2.05) is 0 Å². The Morgan fingerprint density at radius 2 is 1.31 bits per heavy atom. The van der Waals surface area contributed by atoms with E-state index in [1.165, 1.54) is 61.9 Å².